The van der Waals surface area contributed by atoms with Gasteiger partial charge in [0.2, 0.25) is 11.1 Å². The number of hydrogen-bond acceptors (Lipinski definition) is 8. The summed E-state index contributed by atoms with van der Waals surface area (Å²) in [4.78, 5) is 18.1. The van der Waals surface area contributed by atoms with E-state index in [9.17, 15) is 4.79 Å². The normalized spacial score (nSPS) is 14.5. The molecular formula is C29H35ClN4O4S. The van der Waals surface area contributed by atoms with Gasteiger partial charge in [0.15, 0.2) is 11.5 Å². The van der Waals surface area contributed by atoms with E-state index in [-0.39, 0.29) is 5.97 Å². The Balaban J connectivity index is 1.69. The second-order valence-electron chi connectivity index (χ2n) is 9.21. The molecule has 1 aromatic heterocycles. The van der Waals surface area contributed by atoms with E-state index in [2.05, 4.69) is 19.2 Å². The summed E-state index contributed by atoms with van der Waals surface area (Å²) in [6.45, 7) is 7.00. The number of ether oxygens (including phenoxy) is 3. The Kier molecular flexibility index (Phi) is 10.2. The van der Waals surface area contributed by atoms with Crippen molar-refractivity contribution in [2.24, 2.45) is 0 Å². The number of thioether (sulfide) groups is 1. The quantitative estimate of drug-likeness (QED) is 0.133. The van der Waals surface area contributed by atoms with Crippen molar-refractivity contribution in [2.75, 3.05) is 25.6 Å². The molecule has 0 aliphatic carbocycles. The van der Waals surface area contributed by atoms with Gasteiger partial charge in [-0.1, -0.05) is 74.3 Å². The summed E-state index contributed by atoms with van der Waals surface area (Å²) in [5.74, 6) is 2.03. The minimum absolute atomic E-state index is 0.357. The van der Waals surface area contributed by atoms with Crippen LogP contribution in [0.2, 0.25) is 5.02 Å². The summed E-state index contributed by atoms with van der Waals surface area (Å²) in [6.07, 6.45) is 3.72. The van der Waals surface area contributed by atoms with Crippen LogP contribution in [0.4, 0.5) is 5.95 Å². The molecule has 1 aliphatic rings. The zero-order chi connectivity index (χ0) is 27.8. The van der Waals surface area contributed by atoms with Gasteiger partial charge in [-0.25, -0.2) is 9.48 Å². The molecule has 0 fully saturated rings. The third-order valence-corrected chi connectivity index (χ3v) is 7.61. The number of carbonyl (C=O) groups excluding carboxylic acids is 1. The molecule has 1 N–H and O–H groups in total. The third kappa shape index (κ3) is 6.89. The molecule has 0 radical (unpaired) electrons. The van der Waals surface area contributed by atoms with E-state index in [0.29, 0.717) is 57.9 Å². The van der Waals surface area contributed by atoms with Gasteiger partial charge in [-0.2, -0.15) is 4.98 Å². The van der Waals surface area contributed by atoms with E-state index in [1.54, 1.807) is 11.8 Å². The van der Waals surface area contributed by atoms with Gasteiger partial charge in [0, 0.05) is 16.5 Å². The lowest BCUT2D eigenvalue weighted by atomic mass is 9.95. The van der Waals surface area contributed by atoms with Crippen LogP contribution in [-0.2, 0) is 15.3 Å². The lowest BCUT2D eigenvalue weighted by molar-refractivity contribution is -0.139. The summed E-state index contributed by atoms with van der Waals surface area (Å²) in [6, 6.07) is 12.9. The van der Waals surface area contributed by atoms with Gasteiger partial charge in [-0.3, -0.25) is 0 Å². The highest BCUT2D eigenvalue weighted by molar-refractivity contribution is 7.98. The molecule has 1 aliphatic heterocycles. The lowest BCUT2D eigenvalue weighted by Crippen LogP contribution is -2.29. The molecule has 10 heteroatoms. The Morgan fingerprint density at radius 3 is 2.62 bits per heavy atom. The number of benzene rings is 2. The molecule has 2 aromatic carbocycles. The van der Waals surface area contributed by atoms with Crippen LogP contribution in [-0.4, -0.2) is 41.1 Å². The van der Waals surface area contributed by atoms with Gasteiger partial charge in [-0.05, 0) is 49.1 Å². The summed E-state index contributed by atoms with van der Waals surface area (Å²) in [5, 5.41) is 9.34. The maximum atomic E-state index is 13.4. The highest BCUT2D eigenvalue weighted by Gasteiger charge is 2.35. The lowest BCUT2D eigenvalue weighted by Gasteiger charge is -2.28. The Bertz CT molecular complexity index is 1330. The van der Waals surface area contributed by atoms with Crippen LogP contribution in [0.5, 0.6) is 11.5 Å². The average molecular weight is 571 g/mol. The van der Waals surface area contributed by atoms with Crippen molar-refractivity contribution in [3.63, 3.8) is 0 Å². The van der Waals surface area contributed by atoms with Crippen LogP contribution in [0.3, 0.4) is 0 Å². The van der Waals surface area contributed by atoms with E-state index in [4.69, 9.17) is 35.9 Å². The number of rotatable bonds is 13. The number of carbonyl (C=O) groups is 1. The van der Waals surface area contributed by atoms with Crippen molar-refractivity contribution in [2.45, 2.75) is 63.4 Å². The number of allylic oxidation sites excluding steroid dienone is 1. The number of nitrogens with one attached hydrogen (secondary N) is 1. The van der Waals surface area contributed by atoms with E-state index in [1.807, 2.05) is 49.4 Å². The summed E-state index contributed by atoms with van der Waals surface area (Å²) in [5.41, 5.74) is 2.96. The number of unbranched alkanes of at least 4 members (excludes halogenated alkanes) is 2. The van der Waals surface area contributed by atoms with E-state index >= 15 is 0 Å². The van der Waals surface area contributed by atoms with Crippen LogP contribution >= 0.6 is 23.4 Å². The smallest absolute Gasteiger partial charge is 0.338 e. The highest BCUT2D eigenvalue weighted by Crippen LogP contribution is 2.40. The molecule has 2 heterocycles. The molecule has 3 aromatic rings. The first kappa shape index (κ1) is 28.8. The van der Waals surface area contributed by atoms with E-state index in [1.165, 1.54) is 11.8 Å². The summed E-state index contributed by atoms with van der Waals surface area (Å²) >= 11 is 7.83. The minimum atomic E-state index is -0.559. The van der Waals surface area contributed by atoms with Crippen molar-refractivity contribution >= 4 is 35.3 Å². The van der Waals surface area contributed by atoms with Crippen molar-refractivity contribution < 1.29 is 19.0 Å². The fourth-order valence-corrected chi connectivity index (χ4v) is 5.32. The number of esters is 1. The minimum Gasteiger partial charge on any atom is -0.493 e. The summed E-state index contributed by atoms with van der Waals surface area (Å²) in [7, 11) is 1.61. The van der Waals surface area contributed by atoms with Crippen molar-refractivity contribution in [1.82, 2.24) is 14.8 Å². The van der Waals surface area contributed by atoms with Crippen molar-refractivity contribution in [3.05, 3.63) is 69.9 Å². The number of fused-ring (bicyclic) bond motifs is 1. The molecule has 1 atom stereocenters. The fourth-order valence-electron chi connectivity index (χ4n) is 4.21. The van der Waals surface area contributed by atoms with Crippen molar-refractivity contribution in [1.29, 1.82) is 0 Å². The predicted octanol–water partition coefficient (Wildman–Crippen LogP) is 7.04. The van der Waals surface area contributed by atoms with Gasteiger partial charge in [-0.15, -0.1) is 5.10 Å². The number of anilines is 1. The first-order valence-corrected chi connectivity index (χ1v) is 14.6. The van der Waals surface area contributed by atoms with Gasteiger partial charge >= 0.3 is 5.97 Å². The van der Waals surface area contributed by atoms with E-state index < -0.39 is 6.04 Å². The maximum absolute atomic E-state index is 13.4. The first-order chi connectivity index (χ1) is 19.0. The molecule has 208 valence electrons. The SMILES string of the molecule is CCCCOC(=O)C1=C(C)Nc2nc(SCc3ccccc3Cl)nn2C1c1ccc(OCCCC)c(OC)c1. The molecule has 39 heavy (non-hydrogen) atoms. The zero-order valence-electron chi connectivity index (χ0n) is 22.8. The monoisotopic (exact) mass is 570 g/mol. The number of nitrogens with zero attached hydrogens (tertiary/aromatic N) is 3. The molecule has 0 saturated carbocycles. The molecule has 0 bridgehead atoms. The Morgan fingerprint density at radius 1 is 1.10 bits per heavy atom. The number of methoxy groups -OCH3 is 1. The largest absolute Gasteiger partial charge is 0.493 e. The second-order valence-corrected chi connectivity index (χ2v) is 10.6. The van der Waals surface area contributed by atoms with E-state index in [0.717, 1.165) is 36.8 Å². The number of hydrogen-bond donors (Lipinski definition) is 1. The molecule has 4 rings (SSSR count). The zero-order valence-corrected chi connectivity index (χ0v) is 24.4. The van der Waals surface area contributed by atoms with Gasteiger partial charge in [0.25, 0.3) is 0 Å². The third-order valence-electron chi connectivity index (χ3n) is 6.36. The average Bonchev–Trinajstić information content (AvgIpc) is 3.34. The number of aromatic nitrogens is 3. The van der Waals surface area contributed by atoms with Crippen LogP contribution in [0, 0.1) is 0 Å². The molecule has 0 saturated heterocycles. The van der Waals surface area contributed by atoms with Gasteiger partial charge < -0.3 is 19.5 Å². The standard InChI is InChI=1S/C29H35ClN4O4S/c1-5-7-15-37-23-14-13-20(17-24(23)36-4)26-25(27(35)38-16-8-6-2)19(3)31-28-32-29(33-34(26)28)39-18-21-11-9-10-12-22(21)30/h9-14,17,26H,5-8,15-16,18H2,1-4H3,(H,31,32,33). The second kappa shape index (κ2) is 13.8. The first-order valence-electron chi connectivity index (χ1n) is 13.2. The predicted molar refractivity (Wildman–Crippen MR) is 155 cm³/mol. The summed E-state index contributed by atoms with van der Waals surface area (Å²) < 4.78 is 19.0. The van der Waals surface area contributed by atoms with Gasteiger partial charge in [0.1, 0.15) is 6.04 Å². The number of halogens is 1. The molecular weight excluding hydrogens is 536 g/mol. The molecule has 1 unspecified atom stereocenters. The fraction of sp³-hybridized carbons (Fsp3) is 0.414. The Hall–Kier alpha value is -3.17. The maximum Gasteiger partial charge on any atom is 0.338 e. The van der Waals surface area contributed by atoms with Crippen LogP contribution in [0.15, 0.2) is 58.9 Å². The Morgan fingerprint density at radius 2 is 1.87 bits per heavy atom. The van der Waals surface area contributed by atoms with Gasteiger partial charge in [0.05, 0.1) is 25.9 Å². The topological polar surface area (TPSA) is 87.5 Å². The molecule has 8 nitrogen and oxygen atoms in total. The van der Waals surface area contributed by atoms with Crippen molar-refractivity contribution in [3.8, 4) is 11.5 Å². The molecule has 0 amide bonds. The van der Waals surface area contributed by atoms with Crippen LogP contribution in [0.1, 0.15) is 63.6 Å². The molecule has 0 spiro atoms. The Labute approximate surface area is 239 Å². The highest BCUT2D eigenvalue weighted by atomic mass is 35.5. The van der Waals surface area contributed by atoms with Crippen LogP contribution < -0.4 is 14.8 Å². The van der Waals surface area contributed by atoms with Crippen LogP contribution in [0.25, 0.3) is 0 Å².